The van der Waals surface area contributed by atoms with Crippen LogP contribution in [0.1, 0.15) is 10.4 Å². The van der Waals surface area contributed by atoms with Crippen LogP contribution in [-0.2, 0) is 9.84 Å². The number of sulfone groups is 1. The van der Waals surface area contributed by atoms with Crippen molar-refractivity contribution < 1.29 is 13.2 Å². The van der Waals surface area contributed by atoms with Crippen LogP contribution < -0.4 is 11.1 Å². The number of amides is 1. The fourth-order valence-electron chi connectivity index (χ4n) is 2.47. The van der Waals surface area contributed by atoms with Crippen molar-refractivity contribution in [3.05, 3.63) is 84.4 Å². The van der Waals surface area contributed by atoms with E-state index in [1.165, 1.54) is 24.3 Å². The molecule has 0 spiro atoms. The summed E-state index contributed by atoms with van der Waals surface area (Å²) in [5, 5.41) is 2.45. The van der Waals surface area contributed by atoms with Crippen LogP contribution in [0.5, 0.6) is 0 Å². The van der Waals surface area contributed by atoms with E-state index in [2.05, 4.69) is 5.32 Å². The molecule has 0 bridgehead atoms. The second-order valence-corrected chi connectivity index (χ2v) is 7.77. The van der Waals surface area contributed by atoms with Crippen LogP contribution in [0.15, 0.2) is 83.8 Å². The summed E-state index contributed by atoms with van der Waals surface area (Å²) in [6.45, 7) is 0. The lowest BCUT2D eigenvalue weighted by Crippen LogP contribution is -2.29. The maximum Gasteiger partial charge on any atom is 0.252 e. The minimum Gasteiger partial charge on any atom is -0.399 e. The maximum atomic E-state index is 12.3. The van der Waals surface area contributed by atoms with Gasteiger partial charge < -0.3 is 11.1 Å². The van der Waals surface area contributed by atoms with Gasteiger partial charge in [-0.05, 0) is 47.5 Å². The summed E-state index contributed by atoms with van der Waals surface area (Å²) in [7, 11) is -3.62. The summed E-state index contributed by atoms with van der Waals surface area (Å²) < 4.78 is 24.5. The van der Waals surface area contributed by atoms with Crippen molar-refractivity contribution in [1.82, 2.24) is 5.32 Å². The standard InChI is InChI=1S/C20H18N2O3S/c21-18-10-12-19(13-11-18)26(24,25)14-22-20(23)17-8-6-16(7-9-17)15-4-2-1-3-5-15/h1-13H,14,21H2,(H,22,23). The first-order chi connectivity index (χ1) is 12.5. The topological polar surface area (TPSA) is 89.3 Å². The number of nitrogen functional groups attached to an aromatic ring is 1. The van der Waals surface area contributed by atoms with Crippen LogP contribution in [0.2, 0.25) is 0 Å². The number of carbonyl (C=O) groups excluding carboxylic acids is 1. The SMILES string of the molecule is Nc1ccc(S(=O)(=O)CNC(=O)c2ccc(-c3ccccc3)cc2)cc1. The molecule has 0 radical (unpaired) electrons. The third-order valence-electron chi connectivity index (χ3n) is 3.92. The number of benzene rings is 3. The highest BCUT2D eigenvalue weighted by Crippen LogP contribution is 2.19. The van der Waals surface area contributed by atoms with Gasteiger partial charge in [0.2, 0.25) is 0 Å². The summed E-state index contributed by atoms with van der Waals surface area (Å²) in [6.07, 6.45) is 0. The summed E-state index contributed by atoms with van der Waals surface area (Å²) in [6, 6.07) is 22.7. The smallest absolute Gasteiger partial charge is 0.252 e. The Morgan fingerprint density at radius 1 is 0.808 bits per heavy atom. The predicted molar refractivity (Wildman–Crippen MR) is 102 cm³/mol. The fourth-order valence-corrected chi connectivity index (χ4v) is 3.50. The molecule has 0 saturated heterocycles. The Kier molecular flexibility index (Phi) is 5.04. The average molecular weight is 366 g/mol. The molecule has 26 heavy (non-hydrogen) atoms. The summed E-state index contributed by atoms with van der Waals surface area (Å²) in [4.78, 5) is 12.3. The highest BCUT2D eigenvalue weighted by Gasteiger charge is 2.16. The lowest BCUT2D eigenvalue weighted by atomic mass is 10.0. The zero-order chi connectivity index (χ0) is 18.6. The van der Waals surface area contributed by atoms with E-state index in [9.17, 15) is 13.2 Å². The molecule has 5 nitrogen and oxygen atoms in total. The quantitative estimate of drug-likeness (QED) is 0.679. The molecule has 0 aliphatic carbocycles. The Labute approximate surface area is 152 Å². The van der Waals surface area contributed by atoms with E-state index < -0.39 is 21.6 Å². The predicted octanol–water partition coefficient (Wildman–Crippen LogP) is 3.10. The van der Waals surface area contributed by atoms with E-state index in [-0.39, 0.29) is 4.90 Å². The highest BCUT2D eigenvalue weighted by atomic mass is 32.2. The van der Waals surface area contributed by atoms with Crippen molar-refractivity contribution in [1.29, 1.82) is 0 Å². The lowest BCUT2D eigenvalue weighted by molar-refractivity contribution is 0.0960. The minimum absolute atomic E-state index is 0.117. The van der Waals surface area contributed by atoms with Gasteiger partial charge in [-0.15, -0.1) is 0 Å². The van der Waals surface area contributed by atoms with Gasteiger partial charge in [-0.3, -0.25) is 4.79 Å². The molecular formula is C20H18N2O3S. The number of nitrogens with two attached hydrogens (primary N) is 1. The molecule has 3 rings (SSSR count). The van der Waals surface area contributed by atoms with Gasteiger partial charge in [0, 0.05) is 11.3 Å². The third-order valence-corrected chi connectivity index (χ3v) is 5.43. The summed E-state index contributed by atoms with van der Waals surface area (Å²) in [5.74, 6) is -0.917. The molecular weight excluding hydrogens is 348 g/mol. The van der Waals surface area contributed by atoms with Gasteiger partial charge >= 0.3 is 0 Å². The van der Waals surface area contributed by atoms with Crippen molar-refractivity contribution in [2.75, 3.05) is 11.6 Å². The van der Waals surface area contributed by atoms with Crippen LogP contribution in [-0.4, -0.2) is 20.2 Å². The van der Waals surface area contributed by atoms with Crippen molar-refractivity contribution in [2.24, 2.45) is 0 Å². The molecule has 0 aromatic heterocycles. The molecule has 132 valence electrons. The number of hydrogen-bond donors (Lipinski definition) is 2. The Hall–Kier alpha value is -3.12. The zero-order valence-electron chi connectivity index (χ0n) is 13.9. The van der Waals surface area contributed by atoms with E-state index >= 15 is 0 Å². The van der Waals surface area contributed by atoms with Gasteiger partial charge in [0.1, 0.15) is 5.88 Å². The summed E-state index contributed by atoms with van der Waals surface area (Å²) >= 11 is 0. The van der Waals surface area contributed by atoms with Gasteiger partial charge in [-0.1, -0.05) is 42.5 Å². The molecule has 0 aliphatic rings. The maximum absolute atomic E-state index is 12.3. The first-order valence-corrected chi connectivity index (χ1v) is 9.63. The average Bonchev–Trinajstić information content (AvgIpc) is 2.67. The number of nitrogens with one attached hydrogen (secondary N) is 1. The molecule has 0 saturated carbocycles. The van der Waals surface area contributed by atoms with Gasteiger partial charge in [-0.25, -0.2) is 8.42 Å². The molecule has 3 aromatic rings. The molecule has 0 unspecified atom stereocenters. The van der Waals surface area contributed by atoms with Gasteiger partial charge in [0.25, 0.3) is 5.91 Å². The van der Waals surface area contributed by atoms with Crippen LogP contribution in [0.3, 0.4) is 0 Å². The van der Waals surface area contributed by atoms with Gasteiger partial charge in [-0.2, -0.15) is 0 Å². The largest absolute Gasteiger partial charge is 0.399 e. The van der Waals surface area contributed by atoms with Crippen LogP contribution in [0.4, 0.5) is 5.69 Å². The molecule has 3 N–H and O–H groups in total. The van der Waals surface area contributed by atoms with E-state index in [0.29, 0.717) is 11.3 Å². The van der Waals surface area contributed by atoms with Crippen molar-refractivity contribution >= 4 is 21.4 Å². The Balaban J connectivity index is 1.67. The van der Waals surface area contributed by atoms with Crippen LogP contribution >= 0.6 is 0 Å². The van der Waals surface area contributed by atoms with Crippen molar-refractivity contribution in [3.8, 4) is 11.1 Å². The molecule has 0 aliphatic heterocycles. The number of carbonyl (C=O) groups is 1. The zero-order valence-corrected chi connectivity index (χ0v) is 14.7. The molecule has 0 atom stereocenters. The van der Waals surface area contributed by atoms with Crippen molar-refractivity contribution in [2.45, 2.75) is 4.90 Å². The first kappa shape index (κ1) is 17.7. The van der Waals surface area contributed by atoms with E-state index in [0.717, 1.165) is 11.1 Å². The lowest BCUT2D eigenvalue weighted by Gasteiger charge is -2.08. The Bertz CT molecular complexity index is 997. The Morgan fingerprint density at radius 3 is 2.00 bits per heavy atom. The highest BCUT2D eigenvalue weighted by molar-refractivity contribution is 7.91. The number of hydrogen-bond acceptors (Lipinski definition) is 4. The second kappa shape index (κ2) is 7.41. The molecule has 6 heteroatoms. The van der Waals surface area contributed by atoms with Crippen LogP contribution in [0, 0.1) is 0 Å². The first-order valence-electron chi connectivity index (χ1n) is 7.98. The Morgan fingerprint density at radius 2 is 1.38 bits per heavy atom. The van der Waals surface area contributed by atoms with Gasteiger partial charge in [0.05, 0.1) is 4.90 Å². The number of anilines is 1. The van der Waals surface area contributed by atoms with E-state index in [4.69, 9.17) is 5.73 Å². The molecule has 3 aromatic carbocycles. The summed E-state index contributed by atoms with van der Waals surface area (Å²) in [5.41, 5.74) is 8.47. The normalized spacial score (nSPS) is 11.1. The fraction of sp³-hybridized carbons (Fsp3) is 0.0500. The molecule has 0 fully saturated rings. The van der Waals surface area contributed by atoms with E-state index in [1.807, 2.05) is 42.5 Å². The van der Waals surface area contributed by atoms with E-state index in [1.54, 1.807) is 12.1 Å². The second-order valence-electron chi connectivity index (χ2n) is 5.78. The monoisotopic (exact) mass is 366 g/mol. The van der Waals surface area contributed by atoms with Crippen molar-refractivity contribution in [3.63, 3.8) is 0 Å². The van der Waals surface area contributed by atoms with Crippen LogP contribution in [0.25, 0.3) is 11.1 Å². The molecule has 0 heterocycles. The minimum atomic E-state index is -3.62. The number of rotatable bonds is 5. The third kappa shape index (κ3) is 4.10. The molecule has 1 amide bonds. The van der Waals surface area contributed by atoms with Gasteiger partial charge in [0.15, 0.2) is 9.84 Å².